The van der Waals surface area contributed by atoms with Gasteiger partial charge < -0.3 is 4.74 Å². The van der Waals surface area contributed by atoms with E-state index in [1.165, 1.54) is 19.1 Å². The molecule has 0 heterocycles. The number of hydrogen-bond donors (Lipinski definition) is 0. The molecule has 3 rings (SSSR count). The first-order chi connectivity index (χ1) is 15.1. The summed E-state index contributed by atoms with van der Waals surface area (Å²) in [5.41, 5.74) is -5.55. The smallest absolute Gasteiger partial charge is 0.427 e. The Morgan fingerprint density at radius 1 is 0.781 bits per heavy atom. The maximum atomic E-state index is 13.0. The summed E-state index contributed by atoms with van der Waals surface area (Å²) >= 11 is 0. The molecular formula is C22H19F3O5S2. The van der Waals surface area contributed by atoms with E-state index >= 15 is 0 Å². The second kappa shape index (κ2) is 9.35. The summed E-state index contributed by atoms with van der Waals surface area (Å²) in [4.78, 5) is 13.0. The fourth-order valence-corrected chi connectivity index (χ4v) is 7.31. The standard InChI is InChI=1S/C22H19F3O5S2/c1-17(26)30-18-12-14-21(15-13-18)31(19-8-4-2-5-9-19,20-10-6-3-7-11-20)16-29-32(27,28)22(23,24)25/h2-15H,16H2,1H3. The van der Waals surface area contributed by atoms with Gasteiger partial charge in [0.1, 0.15) is 11.7 Å². The Balaban J connectivity index is 2.21. The zero-order valence-corrected chi connectivity index (χ0v) is 18.4. The Hall–Kier alpha value is -2.82. The molecule has 0 unspecified atom stereocenters. The fraction of sp³-hybridized carbons (Fsp3) is 0.136. The number of alkyl halides is 3. The number of carbonyl (C=O) groups excluding carboxylic acids is 1. The summed E-state index contributed by atoms with van der Waals surface area (Å²) in [5.74, 6) is -1.03. The summed E-state index contributed by atoms with van der Waals surface area (Å²) in [6.07, 6.45) is 0. The topological polar surface area (TPSA) is 69.7 Å². The molecule has 0 atom stereocenters. The van der Waals surface area contributed by atoms with E-state index in [2.05, 4.69) is 4.18 Å². The molecule has 170 valence electrons. The molecule has 0 aromatic heterocycles. The van der Waals surface area contributed by atoms with Crippen molar-refractivity contribution in [1.29, 1.82) is 0 Å². The van der Waals surface area contributed by atoms with Gasteiger partial charge in [-0.2, -0.15) is 21.6 Å². The zero-order chi connectivity index (χ0) is 23.4. The molecule has 0 N–H and O–H groups in total. The van der Waals surface area contributed by atoms with Crippen LogP contribution in [0.2, 0.25) is 0 Å². The van der Waals surface area contributed by atoms with E-state index in [-0.39, 0.29) is 5.75 Å². The van der Waals surface area contributed by atoms with Gasteiger partial charge in [0, 0.05) is 21.6 Å². The summed E-state index contributed by atoms with van der Waals surface area (Å²) < 4.78 is 72.3. The molecule has 0 spiro atoms. The molecule has 0 aliphatic heterocycles. The maximum absolute atomic E-state index is 13.0. The van der Waals surface area contributed by atoms with E-state index in [1.54, 1.807) is 72.8 Å². The van der Waals surface area contributed by atoms with E-state index in [0.29, 0.717) is 14.7 Å². The molecule has 0 bridgehead atoms. The second-order valence-corrected chi connectivity index (χ2v) is 11.3. The normalized spacial score (nSPS) is 12.9. The monoisotopic (exact) mass is 484 g/mol. The molecule has 3 aromatic carbocycles. The Labute approximate surface area is 185 Å². The van der Waals surface area contributed by atoms with E-state index in [4.69, 9.17) is 4.74 Å². The van der Waals surface area contributed by atoms with Crippen LogP contribution in [0.25, 0.3) is 0 Å². The third kappa shape index (κ3) is 4.98. The van der Waals surface area contributed by atoms with Gasteiger partial charge in [0.05, 0.1) is 0 Å². The average molecular weight is 485 g/mol. The fourth-order valence-electron chi connectivity index (χ4n) is 3.03. The molecule has 0 saturated heterocycles. The predicted molar refractivity (Wildman–Crippen MR) is 114 cm³/mol. The van der Waals surface area contributed by atoms with Crippen molar-refractivity contribution in [3.8, 4) is 5.75 Å². The van der Waals surface area contributed by atoms with Gasteiger partial charge in [-0.3, -0.25) is 8.98 Å². The number of benzene rings is 3. The highest BCUT2D eigenvalue weighted by Gasteiger charge is 2.48. The zero-order valence-electron chi connectivity index (χ0n) is 16.8. The van der Waals surface area contributed by atoms with Gasteiger partial charge in [-0.1, -0.05) is 36.4 Å². The van der Waals surface area contributed by atoms with Crippen molar-refractivity contribution >= 4 is 26.1 Å². The van der Waals surface area contributed by atoms with Crippen LogP contribution in [0.15, 0.2) is 99.6 Å². The SMILES string of the molecule is CC(=O)Oc1ccc(S(COS(=O)(=O)C(F)(F)F)(c2ccccc2)c2ccccc2)cc1. The van der Waals surface area contributed by atoms with Crippen LogP contribution < -0.4 is 4.74 Å². The highest BCUT2D eigenvalue weighted by molar-refractivity contribution is 8.33. The quantitative estimate of drug-likeness (QED) is 0.186. The highest BCUT2D eigenvalue weighted by atomic mass is 32.3. The molecule has 10 heteroatoms. The van der Waals surface area contributed by atoms with E-state index < -0.39 is 37.6 Å². The largest absolute Gasteiger partial charge is 0.523 e. The number of hydrogen-bond acceptors (Lipinski definition) is 5. The van der Waals surface area contributed by atoms with Crippen LogP contribution in [-0.4, -0.2) is 25.8 Å². The van der Waals surface area contributed by atoms with Crippen molar-refractivity contribution in [2.75, 3.05) is 5.94 Å². The molecule has 0 radical (unpaired) electrons. The summed E-state index contributed by atoms with van der Waals surface area (Å²) in [6.45, 7) is 1.24. The van der Waals surface area contributed by atoms with Crippen molar-refractivity contribution < 1.29 is 35.3 Å². The Morgan fingerprint density at radius 2 is 1.22 bits per heavy atom. The maximum Gasteiger partial charge on any atom is 0.523 e. The van der Waals surface area contributed by atoms with E-state index in [9.17, 15) is 26.4 Å². The van der Waals surface area contributed by atoms with Crippen molar-refractivity contribution in [3.05, 3.63) is 84.9 Å². The Kier molecular flexibility index (Phi) is 6.97. The number of carbonyl (C=O) groups is 1. The molecule has 0 fully saturated rings. The summed E-state index contributed by atoms with van der Waals surface area (Å²) in [5, 5.41) is 0. The average Bonchev–Trinajstić information content (AvgIpc) is 2.75. The lowest BCUT2D eigenvalue weighted by molar-refractivity contribution is -0.131. The van der Waals surface area contributed by atoms with Gasteiger partial charge in [-0.15, -0.1) is 10.0 Å². The van der Waals surface area contributed by atoms with E-state index in [1.807, 2.05) is 0 Å². The molecule has 0 aliphatic rings. The lowest BCUT2D eigenvalue weighted by Crippen LogP contribution is -2.27. The van der Waals surface area contributed by atoms with Crippen LogP contribution in [0.5, 0.6) is 5.75 Å². The number of esters is 1. The molecular weight excluding hydrogens is 465 g/mol. The van der Waals surface area contributed by atoms with Crippen LogP contribution in [0, 0.1) is 0 Å². The van der Waals surface area contributed by atoms with Gasteiger partial charge >= 0.3 is 21.6 Å². The molecule has 0 saturated carbocycles. The molecule has 0 amide bonds. The number of rotatable bonds is 7. The lowest BCUT2D eigenvalue weighted by atomic mass is 10.3. The van der Waals surface area contributed by atoms with Crippen LogP contribution >= 0.6 is 10.0 Å². The van der Waals surface area contributed by atoms with Crippen LogP contribution in [0.3, 0.4) is 0 Å². The minimum atomic E-state index is -5.83. The minimum Gasteiger partial charge on any atom is -0.427 e. The van der Waals surface area contributed by atoms with Gasteiger partial charge in [-0.05, 0) is 48.5 Å². The highest BCUT2D eigenvalue weighted by Crippen LogP contribution is 2.68. The Morgan fingerprint density at radius 3 is 1.62 bits per heavy atom. The lowest BCUT2D eigenvalue weighted by Gasteiger charge is -2.40. The predicted octanol–water partition coefficient (Wildman–Crippen LogP) is 5.72. The molecule has 0 aliphatic carbocycles. The minimum absolute atomic E-state index is 0.250. The first-order valence-corrected chi connectivity index (χ1v) is 12.4. The van der Waals surface area contributed by atoms with Crippen molar-refractivity contribution in [3.63, 3.8) is 0 Å². The Bertz CT molecular complexity index is 1120. The molecule has 32 heavy (non-hydrogen) atoms. The summed E-state index contributed by atoms with van der Waals surface area (Å²) in [6, 6.07) is 23.4. The van der Waals surface area contributed by atoms with Crippen LogP contribution in [0.4, 0.5) is 13.2 Å². The number of halogens is 3. The van der Waals surface area contributed by atoms with Crippen molar-refractivity contribution in [1.82, 2.24) is 0 Å². The van der Waals surface area contributed by atoms with E-state index in [0.717, 1.165) is 0 Å². The molecule has 5 nitrogen and oxygen atoms in total. The number of ether oxygens (including phenoxy) is 1. The van der Waals surface area contributed by atoms with Gasteiger partial charge in [0.25, 0.3) is 0 Å². The van der Waals surface area contributed by atoms with Crippen molar-refractivity contribution in [2.45, 2.75) is 27.1 Å². The third-order valence-corrected chi connectivity index (χ3v) is 9.29. The van der Waals surface area contributed by atoms with Crippen LogP contribution in [0.1, 0.15) is 6.92 Å². The van der Waals surface area contributed by atoms with Crippen LogP contribution in [-0.2, 0) is 19.1 Å². The second-order valence-electron chi connectivity index (χ2n) is 6.57. The summed E-state index contributed by atoms with van der Waals surface area (Å²) in [7, 11) is -8.44. The third-order valence-electron chi connectivity index (χ3n) is 4.44. The van der Waals surface area contributed by atoms with Gasteiger partial charge in [-0.25, -0.2) is 0 Å². The van der Waals surface area contributed by atoms with Gasteiger partial charge in [0.15, 0.2) is 0 Å². The first kappa shape index (κ1) is 23.8. The van der Waals surface area contributed by atoms with Gasteiger partial charge in [0.2, 0.25) is 0 Å². The van der Waals surface area contributed by atoms with Crippen molar-refractivity contribution in [2.24, 2.45) is 0 Å². The molecule has 3 aromatic rings. The first-order valence-electron chi connectivity index (χ1n) is 9.22.